The Morgan fingerprint density at radius 3 is 3.20 bits per heavy atom. The number of rotatable bonds is 2. The molecule has 5 nitrogen and oxygen atoms in total. The van der Waals surface area contributed by atoms with Gasteiger partial charge >= 0.3 is 0 Å². The zero-order valence-electron chi connectivity index (χ0n) is 8.90. The number of nitriles is 1. The summed E-state index contributed by atoms with van der Waals surface area (Å²) in [7, 11) is 3.58. The first-order valence-corrected chi connectivity index (χ1v) is 4.86. The lowest BCUT2D eigenvalue weighted by Gasteiger charge is -2.23. The highest BCUT2D eigenvalue weighted by molar-refractivity contribution is 5.35. The summed E-state index contributed by atoms with van der Waals surface area (Å²) in [5, 5.41) is 12.4. The summed E-state index contributed by atoms with van der Waals surface area (Å²) >= 11 is 0. The van der Waals surface area contributed by atoms with Gasteiger partial charge in [-0.25, -0.2) is 0 Å². The molecule has 1 heterocycles. The van der Waals surface area contributed by atoms with Gasteiger partial charge in [0, 0.05) is 14.2 Å². The van der Waals surface area contributed by atoms with Crippen LogP contribution in [-0.4, -0.2) is 36.9 Å². The predicted octanol–water partition coefficient (Wildman–Crippen LogP) is 0.363. The van der Waals surface area contributed by atoms with E-state index in [9.17, 15) is 0 Å². The Labute approximate surface area is 89.1 Å². The van der Waals surface area contributed by atoms with Gasteiger partial charge in [-0.05, 0) is 12.5 Å². The molecule has 15 heavy (non-hydrogen) atoms. The minimum absolute atomic E-state index is 0.109. The van der Waals surface area contributed by atoms with Crippen LogP contribution in [0.15, 0.2) is 23.5 Å². The van der Waals surface area contributed by atoms with E-state index in [0.29, 0.717) is 6.54 Å². The molecule has 0 radical (unpaired) electrons. The smallest absolute Gasteiger partial charge is 0.123 e. The van der Waals surface area contributed by atoms with Crippen molar-refractivity contribution in [1.82, 2.24) is 15.6 Å². The van der Waals surface area contributed by atoms with E-state index < -0.39 is 0 Å². The van der Waals surface area contributed by atoms with Crippen LogP contribution in [0.2, 0.25) is 0 Å². The molecule has 1 fully saturated rings. The van der Waals surface area contributed by atoms with Crippen LogP contribution >= 0.6 is 0 Å². The van der Waals surface area contributed by atoms with Crippen molar-refractivity contribution in [3.63, 3.8) is 0 Å². The molecule has 0 bridgehead atoms. The van der Waals surface area contributed by atoms with E-state index in [1.807, 2.05) is 23.3 Å². The first-order chi connectivity index (χ1) is 7.26. The minimum atomic E-state index is 0.109. The molecule has 0 aromatic rings. The zero-order chi connectivity index (χ0) is 10.8. The van der Waals surface area contributed by atoms with Crippen molar-refractivity contribution in [3.8, 4) is 6.07 Å². The van der Waals surface area contributed by atoms with Gasteiger partial charge in [-0.2, -0.15) is 5.26 Å². The number of hydrogen-bond acceptors (Lipinski definition) is 5. The Bertz CT molecular complexity index is 355. The lowest BCUT2D eigenvalue weighted by Crippen LogP contribution is -2.37. The summed E-state index contributed by atoms with van der Waals surface area (Å²) in [5.74, 6) is 0. The third kappa shape index (κ3) is 1.69. The maximum Gasteiger partial charge on any atom is 0.123 e. The molecule has 2 aliphatic rings. The summed E-state index contributed by atoms with van der Waals surface area (Å²) in [5.41, 5.74) is 5.26. The molecule has 80 valence electrons. The summed E-state index contributed by atoms with van der Waals surface area (Å²) in [6.45, 7) is 0.336. The van der Waals surface area contributed by atoms with Gasteiger partial charge in [0.15, 0.2) is 0 Å². The van der Waals surface area contributed by atoms with Gasteiger partial charge in [-0.3, -0.25) is 10.4 Å². The number of nitrogens with zero attached hydrogens (tertiary/aromatic N) is 3. The number of hydrogen-bond donors (Lipinski definition) is 1. The summed E-state index contributed by atoms with van der Waals surface area (Å²) in [4.78, 5) is 0. The molecule has 1 unspecified atom stereocenters. The van der Waals surface area contributed by atoms with E-state index in [2.05, 4.69) is 17.6 Å². The molecule has 0 spiro atoms. The summed E-state index contributed by atoms with van der Waals surface area (Å²) in [6.07, 6.45) is 5.12. The fourth-order valence-electron chi connectivity index (χ4n) is 1.82. The fourth-order valence-corrected chi connectivity index (χ4v) is 1.82. The molecule has 2 rings (SSSR count). The van der Waals surface area contributed by atoms with Crippen LogP contribution in [-0.2, 0) is 4.74 Å². The first kappa shape index (κ1) is 10.0. The predicted molar refractivity (Wildman–Crippen MR) is 54.8 cm³/mol. The second-order valence-electron chi connectivity index (χ2n) is 3.53. The molecular weight excluding hydrogens is 192 g/mol. The molecule has 1 N–H and O–H groups in total. The van der Waals surface area contributed by atoms with Crippen molar-refractivity contribution < 1.29 is 4.74 Å². The van der Waals surface area contributed by atoms with E-state index in [4.69, 9.17) is 10.00 Å². The van der Waals surface area contributed by atoms with Crippen LogP contribution in [0.25, 0.3) is 0 Å². The SMILES string of the molecule is COC1C=C2C(=CC1)NN(C)N2CC#N. The van der Waals surface area contributed by atoms with Gasteiger partial charge < -0.3 is 4.74 Å². The van der Waals surface area contributed by atoms with Gasteiger partial charge in [0.2, 0.25) is 0 Å². The standard InChI is InChI=1S/C10H14N4O/c1-13-12-9-4-3-8(15-2)7-10(9)14(13)6-5-11/h4,7-8,12H,3,6H2,1-2H3. The van der Waals surface area contributed by atoms with Crippen LogP contribution in [0.3, 0.4) is 0 Å². The Morgan fingerprint density at radius 2 is 2.53 bits per heavy atom. The highest BCUT2D eigenvalue weighted by Gasteiger charge is 2.29. The van der Waals surface area contributed by atoms with Crippen LogP contribution in [0.5, 0.6) is 0 Å². The monoisotopic (exact) mass is 206 g/mol. The van der Waals surface area contributed by atoms with Gasteiger partial charge in [0.1, 0.15) is 6.54 Å². The largest absolute Gasteiger partial charge is 0.377 e. The van der Waals surface area contributed by atoms with Gasteiger partial charge in [-0.1, -0.05) is 6.08 Å². The molecular formula is C10H14N4O. The summed E-state index contributed by atoms with van der Waals surface area (Å²) in [6, 6.07) is 2.14. The normalized spacial score (nSPS) is 25.1. The third-order valence-electron chi connectivity index (χ3n) is 2.62. The van der Waals surface area contributed by atoms with Crippen molar-refractivity contribution >= 4 is 0 Å². The summed E-state index contributed by atoms with van der Waals surface area (Å²) < 4.78 is 5.28. The van der Waals surface area contributed by atoms with Crippen molar-refractivity contribution in [2.24, 2.45) is 0 Å². The van der Waals surface area contributed by atoms with E-state index in [0.717, 1.165) is 17.8 Å². The molecule has 1 aliphatic heterocycles. The average Bonchev–Trinajstić information content (AvgIpc) is 2.55. The Balaban J connectivity index is 2.24. The Morgan fingerprint density at radius 1 is 1.73 bits per heavy atom. The van der Waals surface area contributed by atoms with Gasteiger partial charge in [0.25, 0.3) is 0 Å². The maximum absolute atomic E-state index is 8.73. The molecule has 1 saturated heterocycles. The molecule has 1 aliphatic carbocycles. The lowest BCUT2D eigenvalue weighted by atomic mass is 10.1. The number of hydrazine groups is 2. The number of nitrogens with one attached hydrogen (secondary N) is 1. The topological polar surface area (TPSA) is 51.5 Å². The van der Waals surface area contributed by atoms with E-state index in [1.54, 1.807) is 7.11 Å². The number of fused-ring (bicyclic) bond motifs is 1. The highest BCUT2D eigenvalue weighted by Crippen LogP contribution is 2.27. The third-order valence-corrected chi connectivity index (χ3v) is 2.62. The Kier molecular flexibility index (Phi) is 2.62. The van der Waals surface area contributed by atoms with Gasteiger partial charge in [-0.15, -0.1) is 5.12 Å². The molecule has 1 atom stereocenters. The fraction of sp³-hybridized carbons (Fsp3) is 0.500. The van der Waals surface area contributed by atoms with Crippen LogP contribution in [0.4, 0.5) is 0 Å². The van der Waals surface area contributed by atoms with Crippen LogP contribution in [0.1, 0.15) is 6.42 Å². The van der Waals surface area contributed by atoms with E-state index in [-0.39, 0.29) is 6.10 Å². The van der Waals surface area contributed by atoms with Crippen LogP contribution in [0, 0.1) is 11.3 Å². The zero-order valence-corrected chi connectivity index (χ0v) is 8.90. The molecule has 0 aromatic heterocycles. The molecule has 5 heteroatoms. The van der Waals surface area contributed by atoms with E-state index >= 15 is 0 Å². The van der Waals surface area contributed by atoms with Crippen molar-refractivity contribution in [1.29, 1.82) is 5.26 Å². The lowest BCUT2D eigenvalue weighted by molar-refractivity contribution is 0.0505. The van der Waals surface area contributed by atoms with E-state index in [1.165, 1.54) is 0 Å². The van der Waals surface area contributed by atoms with Crippen molar-refractivity contribution in [3.05, 3.63) is 23.5 Å². The molecule has 0 aromatic carbocycles. The Hall–Kier alpha value is -1.51. The highest BCUT2D eigenvalue weighted by atomic mass is 16.5. The number of methoxy groups -OCH3 is 1. The molecule has 0 saturated carbocycles. The van der Waals surface area contributed by atoms with Crippen molar-refractivity contribution in [2.75, 3.05) is 20.7 Å². The second kappa shape index (κ2) is 3.93. The number of ether oxygens (including phenoxy) is 1. The minimum Gasteiger partial charge on any atom is -0.377 e. The molecule has 0 amide bonds. The average molecular weight is 206 g/mol. The quantitative estimate of drug-likeness (QED) is 0.661. The maximum atomic E-state index is 8.73. The van der Waals surface area contributed by atoms with Gasteiger partial charge in [0.05, 0.1) is 23.6 Å². The van der Waals surface area contributed by atoms with Crippen LogP contribution < -0.4 is 5.43 Å². The first-order valence-electron chi connectivity index (χ1n) is 4.86. The second-order valence-corrected chi connectivity index (χ2v) is 3.53. The van der Waals surface area contributed by atoms with Crippen molar-refractivity contribution in [2.45, 2.75) is 12.5 Å².